The van der Waals surface area contributed by atoms with E-state index in [2.05, 4.69) is 72.8 Å². The molecule has 0 fully saturated rings. The lowest BCUT2D eigenvalue weighted by molar-refractivity contribution is -0.137. The summed E-state index contributed by atoms with van der Waals surface area (Å²) in [5.74, 6) is 0.0933. The smallest absolute Gasteiger partial charge is 0.315 e. The van der Waals surface area contributed by atoms with Gasteiger partial charge in [0.15, 0.2) is 0 Å². The van der Waals surface area contributed by atoms with Gasteiger partial charge in [0.1, 0.15) is 0 Å². The van der Waals surface area contributed by atoms with Crippen molar-refractivity contribution in [3.63, 3.8) is 0 Å². The summed E-state index contributed by atoms with van der Waals surface area (Å²) >= 11 is 1.63. The van der Waals surface area contributed by atoms with Gasteiger partial charge >= 0.3 is 5.97 Å². The highest BCUT2D eigenvalue weighted by molar-refractivity contribution is 8.01. The molecule has 0 N–H and O–H groups in total. The molecule has 0 unspecified atom stereocenters. The van der Waals surface area contributed by atoms with E-state index in [9.17, 15) is 4.79 Å². The first-order chi connectivity index (χ1) is 12.3. The number of thioether (sulfide) groups is 1. The minimum absolute atomic E-state index is 0.206. The van der Waals surface area contributed by atoms with Crippen LogP contribution >= 0.6 is 11.8 Å². The van der Waals surface area contributed by atoms with Gasteiger partial charge in [-0.2, -0.15) is 0 Å². The molecule has 0 amide bonds. The number of esters is 1. The second-order valence-corrected chi connectivity index (χ2v) is 7.19. The van der Waals surface area contributed by atoms with E-state index in [-0.39, 0.29) is 5.97 Å². The number of hydrogen-bond acceptors (Lipinski definition) is 3. The fourth-order valence-electron chi connectivity index (χ4n) is 3.64. The largest absolute Gasteiger partial charge is 0.468 e. The van der Waals surface area contributed by atoms with Crippen LogP contribution in [0.4, 0.5) is 0 Å². The van der Waals surface area contributed by atoms with Crippen LogP contribution in [0.2, 0.25) is 0 Å². The fraction of sp³-hybridized carbons (Fsp3) is 0.136. The van der Waals surface area contributed by atoms with Crippen LogP contribution in [-0.4, -0.2) is 18.8 Å². The van der Waals surface area contributed by atoms with E-state index in [1.54, 1.807) is 11.8 Å². The van der Waals surface area contributed by atoms with Gasteiger partial charge in [0.05, 0.1) is 17.6 Å². The lowest BCUT2D eigenvalue weighted by atomic mass is 9.88. The molecule has 0 bridgehead atoms. The van der Waals surface area contributed by atoms with Gasteiger partial charge in [-0.15, -0.1) is 11.8 Å². The Hall–Kier alpha value is -2.52. The molecule has 4 rings (SSSR count). The lowest BCUT2D eigenvalue weighted by Crippen LogP contribution is -2.25. The van der Waals surface area contributed by atoms with Gasteiger partial charge in [-0.1, -0.05) is 78.9 Å². The number of carbonyl (C=O) groups excluding carboxylic acids is 1. The third-order valence-electron chi connectivity index (χ3n) is 4.72. The maximum atomic E-state index is 11.9. The Morgan fingerprint density at radius 2 is 1.36 bits per heavy atom. The van der Waals surface area contributed by atoms with E-state index in [1.807, 2.05) is 6.07 Å². The van der Waals surface area contributed by atoms with Crippen LogP contribution in [0.15, 0.2) is 78.9 Å². The summed E-state index contributed by atoms with van der Waals surface area (Å²) in [6, 6.07) is 27.4. The molecular formula is C22H18O2S. The van der Waals surface area contributed by atoms with Crippen molar-refractivity contribution in [1.29, 1.82) is 0 Å². The van der Waals surface area contributed by atoms with Crippen molar-refractivity contribution >= 4 is 17.7 Å². The molecule has 1 aliphatic carbocycles. The Kier molecular flexibility index (Phi) is 4.10. The monoisotopic (exact) mass is 346 g/mol. The van der Waals surface area contributed by atoms with Gasteiger partial charge in [0.2, 0.25) is 0 Å². The van der Waals surface area contributed by atoms with Gasteiger partial charge in [0, 0.05) is 0 Å². The van der Waals surface area contributed by atoms with Crippen LogP contribution in [0, 0.1) is 0 Å². The number of hydrogen-bond donors (Lipinski definition) is 0. The molecule has 0 atom stereocenters. The average molecular weight is 346 g/mol. The Morgan fingerprint density at radius 1 is 0.840 bits per heavy atom. The van der Waals surface area contributed by atoms with Gasteiger partial charge < -0.3 is 4.74 Å². The molecule has 2 nitrogen and oxygen atoms in total. The number of rotatable bonds is 4. The van der Waals surface area contributed by atoms with Gasteiger partial charge in [-0.3, -0.25) is 4.79 Å². The summed E-state index contributed by atoms with van der Waals surface area (Å²) in [7, 11) is 1.44. The third kappa shape index (κ3) is 2.47. The SMILES string of the molecule is COC(=O)CSC1(c2ccccc2)c2ccccc2-c2ccccc21. The van der Waals surface area contributed by atoms with E-state index in [0.29, 0.717) is 5.75 Å². The molecule has 0 spiro atoms. The van der Waals surface area contributed by atoms with E-state index in [1.165, 1.54) is 34.9 Å². The first-order valence-corrected chi connectivity index (χ1v) is 9.21. The van der Waals surface area contributed by atoms with Gasteiger partial charge in [0.25, 0.3) is 0 Å². The molecule has 0 aromatic heterocycles. The predicted molar refractivity (Wildman–Crippen MR) is 103 cm³/mol. The van der Waals surface area contributed by atoms with Crippen molar-refractivity contribution in [2.24, 2.45) is 0 Å². The first kappa shape index (κ1) is 16.0. The fourth-order valence-corrected chi connectivity index (χ4v) is 5.07. The van der Waals surface area contributed by atoms with Crippen LogP contribution in [0.25, 0.3) is 11.1 Å². The van der Waals surface area contributed by atoms with E-state index in [0.717, 1.165) is 0 Å². The van der Waals surface area contributed by atoms with Gasteiger partial charge in [-0.25, -0.2) is 0 Å². The van der Waals surface area contributed by atoms with Crippen molar-refractivity contribution in [1.82, 2.24) is 0 Å². The normalized spacial score (nSPS) is 13.8. The van der Waals surface area contributed by atoms with Crippen molar-refractivity contribution in [2.45, 2.75) is 4.75 Å². The molecule has 0 radical (unpaired) electrons. The molecule has 3 aromatic rings. The summed E-state index contributed by atoms with van der Waals surface area (Å²) in [5.41, 5.74) is 6.12. The molecule has 0 saturated heterocycles. The third-order valence-corrected chi connectivity index (χ3v) is 6.21. The van der Waals surface area contributed by atoms with Crippen LogP contribution in [0.3, 0.4) is 0 Å². The summed E-state index contributed by atoms with van der Waals surface area (Å²) in [5, 5.41) is 0. The van der Waals surface area contributed by atoms with Crippen molar-refractivity contribution < 1.29 is 9.53 Å². The predicted octanol–water partition coefficient (Wildman–Crippen LogP) is 4.87. The molecule has 124 valence electrons. The van der Waals surface area contributed by atoms with Crippen LogP contribution in [0.1, 0.15) is 16.7 Å². The molecule has 0 saturated carbocycles. The zero-order chi connectivity index (χ0) is 17.3. The van der Waals surface area contributed by atoms with Crippen LogP contribution in [-0.2, 0) is 14.3 Å². The molecule has 0 aliphatic heterocycles. The Labute approximate surface area is 151 Å². The van der Waals surface area contributed by atoms with Gasteiger partial charge in [-0.05, 0) is 27.8 Å². The number of benzene rings is 3. The number of carbonyl (C=O) groups is 1. The molecule has 3 heteroatoms. The quantitative estimate of drug-likeness (QED) is 0.631. The summed E-state index contributed by atoms with van der Waals surface area (Å²) in [6.45, 7) is 0. The van der Waals surface area contributed by atoms with Crippen LogP contribution in [0.5, 0.6) is 0 Å². The van der Waals surface area contributed by atoms with E-state index in [4.69, 9.17) is 4.74 Å². The Morgan fingerprint density at radius 3 is 1.92 bits per heavy atom. The molecular weight excluding hydrogens is 328 g/mol. The highest BCUT2D eigenvalue weighted by Gasteiger charge is 2.45. The second kappa shape index (κ2) is 6.41. The maximum absolute atomic E-state index is 11.9. The topological polar surface area (TPSA) is 26.3 Å². The number of ether oxygens (including phenoxy) is 1. The Bertz CT molecular complexity index is 873. The van der Waals surface area contributed by atoms with Crippen molar-refractivity contribution in [3.05, 3.63) is 95.6 Å². The standard InChI is InChI=1S/C22H18O2S/c1-24-21(23)15-25-22(16-9-3-2-4-10-16)19-13-7-5-11-17(19)18-12-6-8-14-20(18)22/h2-14H,15H2,1H3. The summed E-state index contributed by atoms with van der Waals surface area (Å²) in [4.78, 5) is 11.9. The van der Waals surface area contributed by atoms with Crippen molar-refractivity contribution in [3.8, 4) is 11.1 Å². The van der Waals surface area contributed by atoms with E-state index < -0.39 is 4.75 Å². The highest BCUT2D eigenvalue weighted by Crippen LogP contribution is 2.58. The minimum Gasteiger partial charge on any atom is -0.468 e. The second-order valence-electron chi connectivity index (χ2n) is 6.00. The Balaban J connectivity index is 1.99. The summed E-state index contributed by atoms with van der Waals surface area (Å²) in [6.07, 6.45) is 0. The van der Waals surface area contributed by atoms with Crippen molar-refractivity contribution in [2.75, 3.05) is 12.9 Å². The number of fused-ring (bicyclic) bond motifs is 3. The zero-order valence-corrected chi connectivity index (χ0v) is 14.8. The molecule has 3 aromatic carbocycles. The molecule has 25 heavy (non-hydrogen) atoms. The summed E-state index contributed by atoms with van der Waals surface area (Å²) < 4.78 is 4.51. The average Bonchev–Trinajstić information content (AvgIpc) is 2.98. The zero-order valence-electron chi connectivity index (χ0n) is 13.9. The minimum atomic E-state index is -0.400. The maximum Gasteiger partial charge on any atom is 0.315 e. The van der Waals surface area contributed by atoms with E-state index >= 15 is 0 Å². The first-order valence-electron chi connectivity index (χ1n) is 8.23. The molecule has 0 heterocycles. The molecule has 1 aliphatic rings. The van der Waals surface area contributed by atoms with Crippen LogP contribution < -0.4 is 0 Å². The number of methoxy groups -OCH3 is 1. The highest BCUT2D eigenvalue weighted by atomic mass is 32.2. The lowest BCUT2D eigenvalue weighted by Gasteiger charge is -2.32.